The highest BCUT2D eigenvalue weighted by atomic mass is 35.5. The van der Waals surface area contributed by atoms with Gasteiger partial charge in [-0.25, -0.2) is 9.67 Å². The molecule has 0 amide bonds. The molecule has 0 aromatic carbocycles. The molecule has 6 nitrogen and oxygen atoms in total. The number of nitrogens with one attached hydrogen (secondary N) is 1. The van der Waals surface area contributed by atoms with Crippen molar-refractivity contribution in [2.75, 3.05) is 5.73 Å². The summed E-state index contributed by atoms with van der Waals surface area (Å²) in [7, 11) is 0. The van der Waals surface area contributed by atoms with Gasteiger partial charge in [0.2, 0.25) is 0 Å². The minimum Gasteiger partial charge on any atom is -0.382 e. The number of nitrogens with two attached hydrogens (primary N) is 1. The number of aromatic amines is 1. The molecule has 0 bridgehead atoms. The van der Waals surface area contributed by atoms with Crippen LogP contribution >= 0.6 is 11.6 Å². The van der Waals surface area contributed by atoms with Crippen LogP contribution in [0, 0.1) is 0 Å². The van der Waals surface area contributed by atoms with Crippen LogP contribution in [0.2, 0.25) is 5.02 Å². The second-order valence-corrected chi connectivity index (χ2v) is 2.93. The van der Waals surface area contributed by atoms with Gasteiger partial charge >= 0.3 is 0 Å². The topological polar surface area (TPSA) is 89.6 Å². The van der Waals surface area contributed by atoms with Gasteiger partial charge in [0.25, 0.3) is 5.56 Å². The van der Waals surface area contributed by atoms with Crippen molar-refractivity contribution in [2.24, 2.45) is 0 Å². The van der Waals surface area contributed by atoms with Crippen molar-refractivity contribution < 1.29 is 0 Å². The Kier molecular flexibility index (Phi) is 1.97. The van der Waals surface area contributed by atoms with Crippen molar-refractivity contribution in [2.45, 2.75) is 0 Å². The van der Waals surface area contributed by atoms with Crippen molar-refractivity contribution >= 4 is 17.4 Å². The maximum Gasteiger partial charge on any atom is 0.271 e. The Hall–Kier alpha value is -1.82. The highest BCUT2D eigenvalue weighted by molar-refractivity contribution is 6.31. The molecule has 0 unspecified atom stereocenters. The van der Waals surface area contributed by atoms with Crippen molar-refractivity contribution in [1.82, 2.24) is 19.7 Å². The summed E-state index contributed by atoms with van der Waals surface area (Å²) in [5.74, 6) is 0.593. The van der Waals surface area contributed by atoms with Crippen molar-refractivity contribution in [3.63, 3.8) is 0 Å². The molecule has 0 aliphatic rings. The Morgan fingerprint density at radius 1 is 1.57 bits per heavy atom. The Labute approximate surface area is 83.3 Å². The van der Waals surface area contributed by atoms with Crippen molar-refractivity contribution in [1.29, 1.82) is 0 Å². The lowest BCUT2D eigenvalue weighted by Crippen LogP contribution is -2.12. The molecule has 0 spiro atoms. The van der Waals surface area contributed by atoms with Gasteiger partial charge in [0, 0.05) is 12.3 Å². The smallest absolute Gasteiger partial charge is 0.271 e. The van der Waals surface area contributed by atoms with Crippen molar-refractivity contribution in [3.8, 4) is 5.82 Å². The summed E-state index contributed by atoms with van der Waals surface area (Å²) in [6.45, 7) is 0. The van der Waals surface area contributed by atoms with Crippen LogP contribution in [0.15, 0.2) is 23.4 Å². The molecule has 14 heavy (non-hydrogen) atoms. The van der Waals surface area contributed by atoms with Crippen LogP contribution in [-0.2, 0) is 0 Å². The molecule has 0 atom stereocenters. The van der Waals surface area contributed by atoms with E-state index in [9.17, 15) is 4.79 Å². The first-order valence-corrected chi connectivity index (χ1v) is 4.11. The summed E-state index contributed by atoms with van der Waals surface area (Å²) < 4.78 is 1.34. The normalized spacial score (nSPS) is 10.4. The highest BCUT2D eigenvalue weighted by Gasteiger charge is 2.08. The molecule has 3 N–H and O–H groups in total. The Morgan fingerprint density at radius 3 is 3.00 bits per heavy atom. The van der Waals surface area contributed by atoms with Gasteiger partial charge in [0.15, 0.2) is 10.8 Å². The summed E-state index contributed by atoms with van der Waals surface area (Å²) >= 11 is 5.73. The van der Waals surface area contributed by atoms with Crippen LogP contribution in [0.5, 0.6) is 0 Å². The molecule has 72 valence electrons. The average Bonchev–Trinajstić information content (AvgIpc) is 2.57. The Morgan fingerprint density at radius 2 is 2.36 bits per heavy atom. The number of rotatable bonds is 1. The summed E-state index contributed by atoms with van der Waals surface area (Å²) in [6.07, 6.45) is 2.82. The van der Waals surface area contributed by atoms with Crippen LogP contribution in [0.25, 0.3) is 5.82 Å². The molecule has 2 heterocycles. The average molecular weight is 212 g/mol. The molecule has 0 aliphatic heterocycles. The van der Waals surface area contributed by atoms with E-state index in [0.29, 0.717) is 5.82 Å². The molecule has 0 aliphatic carbocycles. The zero-order chi connectivity index (χ0) is 10.1. The maximum atomic E-state index is 11.1. The molecule has 2 rings (SSSR count). The van der Waals surface area contributed by atoms with Gasteiger partial charge in [-0.1, -0.05) is 11.6 Å². The van der Waals surface area contributed by atoms with E-state index >= 15 is 0 Å². The predicted octanol–water partition coefficient (Wildman–Crippen LogP) is 0.191. The van der Waals surface area contributed by atoms with Crippen molar-refractivity contribution in [3.05, 3.63) is 34.0 Å². The van der Waals surface area contributed by atoms with Gasteiger partial charge in [-0.15, -0.1) is 5.10 Å². The molecule has 0 fully saturated rings. The van der Waals surface area contributed by atoms with Gasteiger partial charge in [0.05, 0.1) is 6.33 Å². The van der Waals surface area contributed by atoms with Crippen LogP contribution in [0.4, 0.5) is 5.82 Å². The van der Waals surface area contributed by atoms with Gasteiger partial charge in [-0.2, -0.15) is 0 Å². The number of hydrogen-bond acceptors (Lipinski definition) is 4. The van der Waals surface area contributed by atoms with E-state index in [1.54, 1.807) is 12.3 Å². The monoisotopic (exact) mass is 211 g/mol. The minimum atomic E-state index is -0.411. The van der Waals surface area contributed by atoms with E-state index in [-0.39, 0.29) is 10.8 Å². The molecule has 2 aromatic rings. The first kappa shape index (κ1) is 8.76. The number of nitrogens with zero attached hydrogens (tertiary/aromatic N) is 3. The lowest BCUT2D eigenvalue weighted by molar-refractivity contribution is 0.839. The number of halogens is 1. The first-order chi connectivity index (χ1) is 6.68. The summed E-state index contributed by atoms with van der Waals surface area (Å²) in [4.78, 5) is 17.3. The second-order valence-electron chi connectivity index (χ2n) is 2.55. The largest absolute Gasteiger partial charge is 0.382 e. The van der Waals surface area contributed by atoms with Gasteiger partial charge in [-0.3, -0.25) is 4.79 Å². The number of H-pyrrole nitrogens is 1. The van der Waals surface area contributed by atoms with E-state index in [2.05, 4.69) is 15.1 Å². The lowest BCUT2D eigenvalue weighted by atomic mass is 10.5. The third-order valence-corrected chi connectivity index (χ3v) is 1.95. The van der Waals surface area contributed by atoms with E-state index in [0.717, 1.165) is 0 Å². The van der Waals surface area contributed by atoms with Gasteiger partial charge < -0.3 is 10.7 Å². The van der Waals surface area contributed by atoms with E-state index < -0.39 is 5.56 Å². The van der Waals surface area contributed by atoms with Crippen LogP contribution in [-0.4, -0.2) is 19.7 Å². The lowest BCUT2D eigenvalue weighted by Gasteiger charge is -2.00. The number of nitrogen functional groups attached to an aromatic ring is 1. The molecule has 0 radical (unpaired) electrons. The van der Waals surface area contributed by atoms with Gasteiger partial charge in [-0.05, 0) is 0 Å². The number of anilines is 1. The van der Waals surface area contributed by atoms with Crippen LogP contribution < -0.4 is 11.3 Å². The third kappa shape index (κ3) is 1.35. The van der Waals surface area contributed by atoms with E-state index in [1.165, 1.54) is 11.0 Å². The fourth-order valence-corrected chi connectivity index (χ4v) is 1.18. The molecular weight excluding hydrogens is 206 g/mol. The fourth-order valence-electron chi connectivity index (χ4n) is 0.989. The Bertz CT molecular complexity index is 517. The number of hydrogen-bond donors (Lipinski definition) is 2. The van der Waals surface area contributed by atoms with Gasteiger partial charge in [0.1, 0.15) is 5.82 Å². The molecular formula is C7H6ClN5O. The molecule has 0 saturated carbocycles. The molecule has 0 saturated heterocycles. The molecule has 7 heteroatoms. The van der Waals surface area contributed by atoms with Crippen LogP contribution in [0.1, 0.15) is 0 Å². The summed E-state index contributed by atoms with van der Waals surface area (Å²) in [5, 5.41) is 3.86. The third-order valence-electron chi connectivity index (χ3n) is 1.60. The zero-order valence-corrected chi connectivity index (χ0v) is 7.69. The quantitative estimate of drug-likeness (QED) is 0.705. The summed E-state index contributed by atoms with van der Waals surface area (Å²) in [5.41, 5.74) is 5.00. The standard InChI is InChI=1S/C7H6ClN5O/c8-5-6(10-3-11-7(5)14)13-2-1-4(9)12-13/h1-3H,(H2,9,12)(H,10,11,14). The molecule has 2 aromatic heterocycles. The maximum absolute atomic E-state index is 11.1. The zero-order valence-electron chi connectivity index (χ0n) is 6.94. The second kappa shape index (κ2) is 3.15. The fraction of sp³-hybridized carbons (Fsp3) is 0. The number of aromatic nitrogens is 4. The Balaban J connectivity index is 2.63. The SMILES string of the molecule is Nc1ccn(-c2nc[nH]c(=O)c2Cl)n1. The van der Waals surface area contributed by atoms with E-state index in [1.807, 2.05) is 0 Å². The van der Waals surface area contributed by atoms with Crippen LogP contribution in [0.3, 0.4) is 0 Å². The van der Waals surface area contributed by atoms with E-state index in [4.69, 9.17) is 17.3 Å². The predicted molar refractivity (Wildman–Crippen MR) is 51.4 cm³/mol. The minimum absolute atomic E-state index is 0.0180. The summed E-state index contributed by atoms with van der Waals surface area (Å²) in [6, 6.07) is 1.58. The highest BCUT2D eigenvalue weighted by Crippen LogP contribution is 2.11. The first-order valence-electron chi connectivity index (χ1n) is 3.73.